The lowest BCUT2D eigenvalue weighted by Crippen LogP contribution is -2.08. The molecule has 5 heteroatoms. The maximum absolute atomic E-state index is 10.9. The number of hydrogen-bond donors (Lipinski definition) is 1. The second-order valence-electron chi connectivity index (χ2n) is 3.75. The van der Waals surface area contributed by atoms with Crippen molar-refractivity contribution in [3.8, 4) is 5.75 Å². The number of aromatic carboxylic acids is 1. The first-order chi connectivity index (χ1) is 9.27. The number of ether oxygens (including phenoxy) is 2. The van der Waals surface area contributed by atoms with E-state index in [9.17, 15) is 4.79 Å². The number of nitrogens with zero attached hydrogens (tertiary/aromatic N) is 1. The van der Waals surface area contributed by atoms with Crippen LogP contribution in [0.3, 0.4) is 0 Å². The standard InChI is InChI=1S/C14H13NO4/c16-14(17)13-12(7-4-8-15-13)19-10-18-9-11-5-2-1-3-6-11/h1-8H,9-10H2,(H,16,17). The first kappa shape index (κ1) is 13.0. The number of benzene rings is 1. The molecule has 0 fully saturated rings. The van der Waals surface area contributed by atoms with Crippen LogP contribution in [0.1, 0.15) is 16.1 Å². The molecule has 2 aromatic rings. The highest BCUT2D eigenvalue weighted by Gasteiger charge is 2.11. The van der Waals surface area contributed by atoms with E-state index in [4.69, 9.17) is 14.6 Å². The topological polar surface area (TPSA) is 68.7 Å². The van der Waals surface area contributed by atoms with Gasteiger partial charge in [0.25, 0.3) is 0 Å². The van der Waals surface area contributed by atoms with E-state index in [0.717, 1.165) is 5.56 Å². The van der Waals surface area contributed by atoms with Crippen LogP contribution in [-0.4, -0.2) is 22.9 Å². The molecule has 1 N–H and O–H groups in total. The predicted octanol–water partition coefficient (Wildman–Crippen LogP) is 2.33. The van der Waals surface area contributed by atoms with E-state index < -0.39 is 5.97 Å². The number of carboxylic acid groups (broad SMARTS) is 1. The zero-order chi connectivity index (χ0) is 13.5. The number of carboxylic acids is 1. The molecule has 1 aromatic carbocycles. The molecule has 19 heavy (non-hydrogen) atoms. The lowest BCUT2D eigenvalue weighted by atomic mass is 10.2. The molecule has 0 unspecified atom stereocenters. The Kier molecular flexibility index (Phi) is 4.47. The molecule has 0 radical (unpaired) electrons. The van der Waals surface area contributed by atoms with E-state index in [-0.39, 0.29) is 18.2 Å². The molecular weight excluding hydrogens is 246 g/mol. The molecule has 0 saturated heterocycles. The van der Waals surface area contributed by atoms with Gasteiger partial charge in [0, 0.05) is 6.20 Å². The molecule has 0 saturated carbocycles. The lowest BCUT2D eigenvalue weighted by molar-refractivity contribution is 0.00404. The van der Waals surface area contributed by atoms with Gasteiger partial charge in [0.05, 0.1) is 6.61 Å². The molecule has 98 valence electrons. The minimum Gasteiger partial charge on any atom is -0.476 e. The summed E-state index contributed by atoms with van der Waals surface area (Å²) in [4.78, 5) is 14.6. The van der Waals surface area contributed by atoms with Crippen molar-refractivity contribution in [2.75, 3.05) is 6.79 Å². The molecule has 0 spiro atoms. The summed E-state index contributed by atoms with van der Waals surface area (Å²) in [5.41, 5.74) is 0.904. The lowest BCUT2D eigenvalue weighted by Gasteiger charge is -2.08. The number of aromatic nitrogens is 1. The van der Waals surface area contributed by atoms with Gasteiger partial charge in [-0.25, -0.2) is 9.78 Å². The number of pyridine rings is 1. The highest BCUT2D eigenvalue weighted by atomic mass is 16.7. The van der Waals surface area contributed by atoms with Gasteiger partial charge in [-0.15, -0.1) is 0 Å². The number of carbonyl (C=O) groups is 1. The summed E-state index contributed by atoms with van der Waals surface area (Å²) in [6.45, 7) is 0.379. The Hall–Kier alpha value is -2.40. The molecular formula is C14H13NO4. The van der Waals surface area contributed by atoms with Gasteiger partial charge in [0.2, 0.25) is 0 Å². The fourth-order valence-corrected chi connectivity index (χ4v) is 1.51. The molecule has 0 aliphatic heterocycles. The highest BCUT2D eigenvalue weighted by molar-refractivity contribution is 5.88. The van der Waals surface area contributed by atoms with Crippen molar-refractivity contribution < 1.29 is 19.4 Å². The molecule has 0 bridgehead atoms. The Bertz CT molecular complexity index is 542. The zero-order valence-corrected chi connectivity index (χ0v) is 10.2. The third kappa shape index (κ3) is 3.79. The summed E-state index contributed by atoms with van der Waals surface area (Å²) in [6, 6.07) is 12.8. The monoisotopic (exact) mass is 259 g/mol. The van der Waals surface area contributed by atoms with Crippen LogP contribution in [0, 0.1) is 0 Å². The molecule has 1 aromatic heterocycles. The van der Waals surface area contributed by atoms with Crippen LogP contribution in [0.25, 0.3) is 0 Å². The second kappa shape index (κ2) is 6.51. The van der Waals surface area contributed by atoms with Crippen LogP contribution < -0.4 is 4.74 Å². The molecule has 0 aliphatic rings. The van der Waals surface area contributed by atoms with Crippen LogP contribution in [0.4, 0.5) is 0 Å². The number of hydrogen-bond acceptors (Lipinski definition) is 4. The summed E-state index contributed by atoms with van der Waals surface area (Å²) in [5.74, 6) is -0.929. The normalized spacial score (nSPS) is 10.1. The molecule has 0 amide bonds. The third-order valence-corrected chi connectivity index (χ3v) is 2.38. The van der Waals surface area contributed by atoms with Crippen molar-refractivity contribution in [1.29, 1.82) is 0 Å². The Balaban J connectivity index is 1.85. The Morgan fingerprint density at radius 3 is 2.68 bits per heavy atom. The summed E-state index contributed by atoms with van der Waals surface area (Å²) in [5, 5.41) is 8.92. The first-order valence-electron chi connectivity index (χ1n) is 5.70. The van der Waals surface area contributed by atoms with Gasteiger partial charge in [0.15, 0.2) is 18.2 Å². The van der Waals surface area contributed by atoms with E-state index in [2.05, 4.69) is 4.98 Å². The minimum absolute atomic E-state index is 0.0269. The molecule has 0 aliphatic carbocycles. The second-order valence-corrected chi connectivity index (χ2v) is 3.75. The van der Waals surface area contributed by atoms with Crippen molar-refractivity contribution in [1.82, 2.24) is 4.98 Å². The first-order valence-corrected chi connectivity index (χ1v) is 5.70. The van der Waals surface area contributed by atoms with Crippen molar-refractivity contribution >= 4 is 5.97 Å². The van der Waals surface area contributed by atoms with Crippen LogP contribution >= 0.6 is 0 Å². The summed E-state index contributed by atoms with van der Waals surface area (Å²) >= 11 is 0. The molecule has 1 heterocycles. The van der Waals surface area contributed by atoms with Crippen molar-refractivity contribution in [2.45, 2.75) is 6.61 Å². The molecule has 2 rings (SSSR count). The van der Waals surface area contributed by atoms with Gasteiger partial charge in [-0.05, 0) is 17.7 Å². The average molecular weight is 259 g/mol. The Labute approximate surface area is 110 Å². The van der Waals surface area contributed by atoms with Gasteiger partial charge >= 0.3 is 5.97 Å². The van der Waals surface area contributed by atoms with E-state index in [1.807, 2.05) is 30.3 Å². The van der Waals surface area contributed by atoms with Gasteiger partial charge in [0.1, 0.15) is 0 Å². The minimum atomic E-state index is -1.13. The Morgan fingerprint density at radius 1 is 1.16 bits per heavy atom. The van der Waals surface area contributed by atoms with Gasteiger partial charge in [-0.2, -0.15) is 0 Å². The zero-order valence-electron chi connectivity index (χ0n) is 10.2. The van der Waals surface area contributed by atoms with Crippen LogP contribution in [0.5, 0.6) is 5.75 Å². The van der Waals surface area contributed by atoms with Crippen LogP contribution in [0.2, 0.25) is 0 Å². The van der Waals surface area contributed by atoms with E-state index in [1.54, 1.807) is 12.1 Å². The van der Waals surface area contributed by atoms with Gasteiger partial charge in [-0.3, -0.25) is 0 Å². The summed E-state index contributed by atoms with van der Waals surface area (Å²) in [7, 11) is 0. The smallest absolute Gasteiger partial charge is 0.358 e. The SMILES string of the molecule is O=C(O)c1ncccc1OCOCc1ccccc1. The van der Waals surface area contributed by atoms with Crippen molar-refractivity contribution in [3.05, 3.63) is 59.9 Å². The Morgan fingerprint density at radius 2 is 1.95 bits per heavy atom. The maximum atomic E-state index is 10.9. The van der Waals surface area contributed by atoms with E-state index in [0.29, 0.717) is 6.61 Å². The van der Waals surface area contributed by atoms with Gasteiger partial charge < -0.3 is 14.6 Å². The summed E-state index contributed by atoms with van der Waals surface area (Å²) < 4.78 is 10.6. The van der Waals surface area contributed by atoms with E-state index >= 15 is 0 Å². The van der Waals surface area contributed by atoms with Crippen molar-refractivity contribution in [2.24, 2.45) is 0 Å². The largest absolute Gasteiger partial charge is 0.476 e. The third-order valence-electron chi connectivity index (χ3n) is 2.38. The fraction of sp³-hybridized carbons (Fsp3) is 0.143. The highest BCUT2D eigenvalue weighted by Crippen LogP contribution is 2.15. The van der Waals surface area contributed by atoms with Crippen LogP contribution in [0.15, 0.2) is 48.7 Å². The summed E-state index contributed by atoms with van der Waals surface area (Å²) in [6.07, 6.45) is 1.40. The van der Waals surface area contributed by atoms with Crippen LogP contribution in [-0.2, 0) is 11.3 Å². The maximum Gasteiger partial charge on any atom is 0.358 e. The average Bonchev–Trinajstić information content (AvgIpc) is 2.45. The quantitative estimate of drug-likeness (QED) is 0.637. The fourth-order valence-electron chi connectivity index (χ4n) is 1.51. The van der Waals surface area contributed by atoms with Gasteiger partial charge in [-0.1, -0.05) is 30.3 Å². The van der Waals surface area contributed by atoms with Crippen molar-refractivity contribution in [3.63, 3.8) is 0 Å². The van der Waals surface area contributed by atoms with E-state index in [1.165, 1.54) is 6.20 Å². The number of rotatable bonds is 6. The molecule has 0 atom stereocenters. The predicted molar refractivity (Wildman–Crippen MR) is 67.9 cm³/mol. The molecule has 5 nitrogen and oxygen atoms in total.